The third-order valence-electron chi connectivity index (χ3n) is 6.35. The standard InChI is InChI=1S/C22H25FN2O/c1-3-4-11-22(26)12-5-6-17-13-20-16(14-21(17,22)2)15-24-25(20)19-9-7-18(23)8-10-19/h3,7-10,13,15,26H,1,4-6,11-12,14H2,2H3/t21-,22-/m0/s1. The van der Waals surface area contributed by atoms with E-state index >= 15 is 0 Å². The third-order valence-corrected chi connectivity index (χ3v) is 6.35. The summed E-state index contributed by atoms with van der Waals surface area (Å²) in [4.78, 5) is 0. The lowest BCUT2D eigenvalue weighted by atomic mass is 9.56. The number of nitrogens with zero attached hydrogens (tertiary/aromatic N) is 2. The molecule has 0 spiro atoms. The summed E-state index contributed by atoms with van der Waals surface area (Å²) in [5, 5.41) is 16.0. The van der Waals surface area contributed by atoms with Gasteiger partial charge in [-0.1, -0.05) is 18.6 Å². The van der Waals surface area contributed by atoms with Gasteiger partial charge < -0.3 is 5.11 Å². The average molecular weight is 352 g/mol. The highest BCUT2D eigenvalue weighted by Gasteiger charge is 2.52. The number of hydrogen-bond acceptors (Lipinski definition) is 2. The number of rotatable bonds is 4. The van der Waals surface area contributed by atoms with Crippen LogP contribution in [0, 0.1) is 11.2 Å². The zero-order valence-electron chi connectivity index (χ0n) is 15.2. The Morgan fingerprint density at radius 3 is 2.85 bits per heavy atom. The molecular weight excluding hydrogens is 327 g/mol. The van der Waals surface area contributed by atoms with Gasteiger partial charge in [0.1, 0.15) is 5.82 Å². The molecule has 0 amide bonds. The normalized spacial score (nSPS) is 27.4. The smallest absolute Gasteiger partial charge is 0.123 e. The first-order valence-corrected chi connectivity index (χ1v) is 9.34. The van der Waals surface area contributed by atoms with Crippen molar-refractivity contribution in [3.63, 3.8) is 0 Å². The highest BCUT2D eigenvalue weighted by atomic mass is 19.1. The fraction of sp³-hybridized carbons (Fsp3) is 0.409. The van der Waals surface area contributed by atoms with Gasteiger partial charge in [-0.15, -0.1) is 6.58 Å². The second-order valence-corrected chi connectivity index (χ2v) is 7.83. The van der Waals surface area contributed by atoms with Gasteiger partial charge in [0, 0.05) is 5.41 Å². The maximum absolute atomic E-state index is 13.2. The van der Waals surface area contributed by atoms with Gasteiger partial charge in [0.05, 0.1) is 23.2 Å². The summed E-state index contributed by atoms with van der Waals surface area (Å²) in [6.45, 7) is 6.01. The van der Waals surface area contributed by atoms with Crippen molar-refractivity contribution in [2.75, 3.05) is 0 Å². The molecule has 26 heavy (non-hydrogen) atoms. The van der Waals surface area contributed by atoms with Gasteiger partial charge in [-0.2, -0.15) is 5.10 Å². The molecule has 1 heterocycles. The monoisotopic (exact) mass is 352 g/mol. The fourth-order valence-corrected chi connectivity index (χ4v) is 4.69. The first kappa shape index (κ1) is 17.2. The maximum atomic E-state index is 13.2. The van der Waals surface area contributed by atoms with Crippen LogP contribution < -0.4 is 0 Å². The van der Waals surface area contributed by atoms with Crippen molar-refractivity contribution < 1.29 is 9.50 Å². The van der Waals surface area contributed by atoms with Crippen LogP contribution in [0.25, 0.3) is 11.8 Å². The lowest BCUT2D eigenvalue weighted by Crippen LogP contribution is -2.52. The van der Waals surface area contributed by atoms with Crippen LogP contribution in [0.4, 0.5) is 4.39 Å². The quantitative estimate of drug-likeness (QED) is 0.800. The molecule has 0 unspecified atom stereocenters. The second kappa shape index (κ2) is 6.20. The zero-order chi connectivity index (χ0) is 18.4. The Balaban J connectivity index is 1.76. The molecule has 136 valence electrons. The van der Waals surface area contributed by atoms with E-state index in [0.717, 1.165) is 55.5 Å². The van der Waals surface area contributed by atoms with Crippen molar-refractivity contribution in [2.24, 2.45) is 5.41 Å². The van der Waals surface area contributed by atoms with Gasteiger partial charge in [0.2, 0.25) is 0 Å². The minimum absolute atomic E-state index is 0.250. The van der Waals surface area contributed by atoms with Gasteiger partial charge in [-0.25, -0.2) is 9.07 Å². The molecule has 0 aliphatic heterocycles. The third kappa shape index (κ3) is 2.55. The van der Waals surface area contributed by atoms with Crippen LogP contribution in [0.1, 0.15) is 50.3 Å². The largest absolute Gasteiger partial charge is 0.389 e. The van der Waals surface area contributed by atoms with Crippen molar-refractivity contribution >= 4 is 6.08 Å². The highest BCUT2D eigenvalue weighted by molar-refractivity contribution is 5.62. The highest BCUT2D eigenvalue weighted by Crippen LogP contribution is 2.54. The van der Waals surface area contributed by atoms with Crippen LogP contribution in [0.5, 0.6) is 0 Å². The van der Waals surface area contributed by atoms with Crippen LogP contribution in [0.3, 0.4) is 0 Å². The maximum Gasteiger partial charge on any atom is 0.123 e. The number of aliphatic hydroxyl groups is 1. The predicted octanol–water partition coefficient (Wildman–Crippen LogP) is 4.84. The van der Waals surface area contributed by atoms with Crippen molar-refractivity contribution in [1.82, 2.24) is 9.78 Å². The molecule has 2 aliphatic carbocycles. The Bertz CT molecular complexity index is 867. The van der Waals surface area contributed by atoms with E-state index in [1.807, 2.05) is 17.0 Å². The summed E-state index contributed by atoms with van der Waals surface area (Å²) < 4.78 is 15.1. The summed E-state index contributed by atoms with van der Waals surface area (Å²) >= 11 is 0. The Kier molecular flexibility index (Phi) is 4.11. The van der Waals surface area contributed by atoms with E-state index in [1.165, 1.54) is 17.7 Å². The van der Waals surface area contributed by atoms with Gasteiger partial charge >= 0.3 is 0 Å². The molecule has 0 radical (unpaired) electrons. The molecule has 1 aromatic carbocycles. The van der Waals surface area contributed by atoms with E-state index in [9.17, 15) is 9.50 Å². The van der Waals surface area contributed by atoms with Crippen molar-refractivity contribution in [3.05, 3.63) is 65.8 Å². The summed E-state index contributed by atoms with van der Waals surface area (Å²) in [5.41, 5.74) is 3.37. The molecule has 3 nitrogen and oxygen atoms in total. The fourth-order valence-electron chi connectivity index (χ4n) is 4.69. The van der Waals surface area contributed by atoms with Crippen LogP contribution in [-0.4, -0.2) is 20.5 Å². The molecule has 1 N–H and O–H groups in total. The van der Waals surface area contributed by atoms with E-state index in [0.29, 0.717) is 0 Å². The molecule has 1 saturated carbocycles. The molecule has 0 bridgehead atoms. The van der Waals surface area contributed by atoms with Crippen molar-refractivity contribution in [3.8, 4) is 5.69 Å². The van der Waals surface area contributed by atoms with Crippen LogP contribution in [0.15, 0.2) is 48.7 Å². The number of halogens is 1. The molecule has 2 atom stereocenters. The number of aromatic nitrogens is 2. The number of benzene rings is 1. The summed E-state index contributed by atoms with van der Waals surface area (Å²) in [6, 6.07) is 6.41. The molecule has 4 heteroatoms. The SMILES string of the molecule is C=CCC[C@]1(O)CCCC2=Cc3c(cnn3-c3ccc(F)cc3)C[C@@]21C. The van der Waals surface area contributed by atoms with E-state index < -0.39 is 5.60 Å². The summed E-state index contributed by atoms with van der Waals surface area (Å²) in [6.07, 6.45) is 11.1. The van der Waals surface area contributed by atoms with Crippen LogP contribution >= 0.6 is 0 Å². The predicted molar refractivity (Wildman–Crippen MR) is 102 cm³/mol. The molecule has 0 saturated heterocycles. The van der Waals surface area contributed by atoms with E-state index in [2.05, 4.69) is 24.7 Å². The lowest BCUT2D eigenvalue weighted by Gasteiger charge is -2.52. The molecule has 1 aromatic heterocycles. The van der Waals surface area contributed by atoms with Crippen LogP contribution in [-0.2, 0) is 6.42 Å². The van der Waals surface area contributed by atoms with Crippen LogP contribution in [0.2, 0.25) is 0 Å². The Morgan fingerprint density at radius 1 is 1.35 bits per heavy atom. The van der Waals surface area contributed by atoms with Gasteiger partial charge in [-0.3, -0.25) is 0 Å². The number of allylic oxidation sites excluding steroid dienone is 1. The Hall–Kier alpha value is -2.20. The van der Waals surface area contributed by atoms with Gasteiger partial charge in [0.25, 0.3) is 0 Å². The molecule has 2 aromatic rings. The van der Waals surface area contributed by atoms with Gasteiger partial charge in [-0.05, 0) is 74.4 Å². The molecule has 2 aliphatic rings. The Labute approximate surface area is 153 Å². The number of fused-ring (bicyclic) bond motifs is 2. The van der Waals surface area contributed by atoms with Crippen molar-refractivity contribution in [1.29, 1.82) is 0 Å². The number of hydrogen-bond donors (Lipinski definition) is 1. The van der Waals surface area contributed by atoms with E-state index in [1.54, 1.807) is 12.1 Å². The summed E-state index contributed by atoms with van der Waals surface area (Å²) in [5.74, 6) is -0.250. The molecule has 4 rings (SSSR count). The average Bonchev–Trinajstić information content (AvgIpc) is 3.02. The topological polar surface area (TPSA) is 38.1 Å². The van der Waals surface area contributed by atoms with Crippen molar-refractivity contribution in [2.45, 2.75) is 51.0 Å². The zero-order valence-corrected chi connectivity index (χ0v) is 15.2. The Morgan fingerprint density at radius 2 is 2.12 bits per heavy atom. The first-order valence-electron chi connectivity index (χ1n) is 9.34. The van der Waals surface area contributed by atoms with E-state index in [4.69, 9.17) is 0 Å². The first-order chi connectivity index (χ1) is 12.5. The molecular formula is C22H25FN2O. The van der Waals surface area contributed by atoms with Gasteiger partial charge in [0.15, 0.2) is 0 Å². The minimum Gasteiger partial charge on any atom is -0.389 e. The minimum atomic E-state index is -0.707. The second-order valence-electron chi connectivity index (χ2n) is 7.83. The van der Waals surface area contributed by atoms with E-state index in [-0.39, 0.29) is 11.2 Å². The molecule has 1 fully saturated rings. The summed E-state index contributed by atoms with van der Waals surface area (Å²) in [7, 11) is 0. The lowest BCUT2D eigenvalue weighted by molar-refractivity contribution is -0.0839.